The summed E-state index contributed by atoms with van der Waals surface area (Å²) >= 11 is 0. The number of guanidine groups is 1. The molecule has 3 N–H and O–H groups in total. The number of aryl methyl sites for hydroxylation is 2. The summed E-state index contributed by atoms with van der Waals surface area (Å²) in [6.07, 6.45) is 4.96. The second-order valence-corrected chi connectivity index (χ2v) is 4.63. The Morgan fingerprint density at radius 1 is 1.47 bits per heavy atom. The highest BCUT2D eigenvalue weighted by Gasteiger charge is 2.15. The van der Waals surface area contributed by atoms with Crippen LogP contribution in [0, 0.1) is 13.8 Å². The minimum atomic E-state index is 0.503. The molecule has 1 aliphatic rings. The first-order chi connectivity index (χ1) is 8.16. The van der Waals surface area contributed by atoms with Crippen LogP contribution in [0.25, 0.3) is 0 Å². The van der Waals surface area contributed by atoms with Crippen molar-refractivity contribution in [3.8, 4) is 0 Å². The van der Waals surface area contributed by atoms with E-state index in [4.69, 9.17) is 10.3 Å². The second-order valence-electron chi connectivity index (χ2n) is 4.63. The molecule has 0 radical (unpaired) electrons. The molecule has 1 aromatic rings. The summed E-state index contributed by atoms with van der Waals surface area (Å²) in [7, 11) is 0. The maximum Gasteiger partial charge on any atom is 0.189 e. The van der Waals surface area contributed by atoms with Crippen LogP contribution in [0.4, 0.5) is 0 Å². The van der Waals surface area contributed by atoms with Gasteiger partial charge in [-0.1, -0.05) is 18.0 Å². The maximum absolute atomic E-state index is 5.86. The molecular formula is C12H20N4O. The van der Waals surface area contributed by atoms with Crippen LogP contribution in [0.3, 0.4) is 0 Å². The molecule has 5 heteroatoms. The molecule has 2 rings (SSSR count). The summed E-state index contributed by atoms with van der Waals surface area (Å²) in [5.74, 6) is 1.34. The molecule has 0 atom stereocenters. The minimum absolute atomic E-state index is 0.503. The Kier molecular flexibility index (Phi) is 3.66. The van der Waals surface area contributed by atoms with E-state index in [9.17, 15) is 0 Å². The van der Waals surface area contributed by atoms with Gasteiger partial charge in [0, 0.05) is 11.6 Å². The topological polar surface area (TPSA) is 76.4 Å². The van der Waals surface area contributed by atoms with Gasteiger partial charge < -0.3 is 15.6 Å². The Balaban J connectivity index is 1.91. The number of aliphatic imine (C=N–C) groups is 1. The van der Waals surface area contributed by atoms with Gasteiger partial charge in [-0.3, -0.25) is 0 Å². The second kappa shape index (κ2) is 5.21. The van der Waals surface area contributed by atoms with Gasteiger partial charge in [-0.25, -0.2) is 4.99 Å². The van der Waals surface area contributed by atoms with Crippen LogP contribution >= 0.6 is 0 Å². The fraction of sp³-hybridized carbons (Fsp3) is 0.667. The van der Waals surface area contributed by atoms with Gasteiger partial charge in [-0.05, 0) is 26.7 Å². The van der Waals surface area contributed by atoms with E-state index in [-0.39, 0.29) is 0 Å². The van der Waals surface area contributed by atoms with Crippen molar-refractivity contribution in [1.29, 1.82) is 0 Å². The van der Waals surface area contributed by atoms with Crippen molar-refractivity contribution in [2.24, 2.45) is 10.7 Å². The molecule has 1 aromatic heterocycles. The van der Waals surface area contributed by atoms with Crippen LogP contribution < -0.4 is 11.1 Å². The lowest BCUT2D eigenvalue weighted by Crippen LogP contribution is -2.38. The summed E-state index contributed by atoms with van der Waals surface area (Å²) in [5, 5.41) is 7.15. The van der Waals surface area contributed by atoms with Crippen LogP contribution in [0.1, 0.15) is 42.7 Å². The van der Waals surface area contributed by atoms with Gasteiger partial charge in [-0.15, -0.1) is 0 Å². The summed E-state index contributed by atoms with van der Waals surface area (Å²) in [6.45, 7) is 4.35. The molecule has 0 aliphatic heterocycles. The number of nitrogens with zero attached hydrogens (tertiary/aromatic N) is 2. The van der Waals surface area contributed by atoms with E-state index in [0.717, 1.165) is 17.0 Å². The molecular weight excluding hydrogens is 216 g/mol. The van der Waals surface area contributed by atoms with Gasteiger partial charge in [0.1, 0.15) is 5.76 Å². The van der Waals surface area contributed by atoms with Crippen LogP contribution in [0.15, 0.2) is 9.52 Å². The molecule has 94 valence electrons. The average Bonchev–Trinajstić information content (AvgIpc) is 2.88. The van der Waals surface area contributed by atoms with Crippen molar-refractivity contribution in [2.75, 3.05) is 0 Å². The van der Waals surface area contributed by atoms with Gasteiger partial charge in [0.2, 0.25) is 0 Å². The van der Waals surface area contributed by atoms with Crippen LogP contribution in [0.2, 0.25) is 0 Å². The van der Waals surface area contributed by atoms with Gasteiger partial charge in [0.15, 0.2) is 5.96 Å². The van der Waals surface area contributed by atoms with E-state index in [0.29, 0.717) is 18.5 Å². The third-order valence-electron chi connectivity index (χ3n) is 3.30. The van der Waals surface area contributed by atoms with Gasteiger partial charge >= 0.3 is 0 Å². The van der Waals surface area contributed by atoms with Crippen LogP contribution in [0.5, 0.6) is 0 Å². The molecule has 1 heterocycles. The first-order valence-electron chi connectivity index (χ1n) is 6.15. The smallest absolute Gasteiger partial charge is 0.189 e. The lowest BCUT2D eigenvalue weighted by molar-refractivity contribution is 0.392. The molecule has 0 spiro atoms. The van der Waals surface area contributed by atoms with Crippen LogP contribution in [-0.2, 0) is 6.54 Å². The quantitative estimate of drug-likeness (QED) is 0.618. The highest BCUT2D eigenvalue weighted by Crippen LogP contribution is 2.17. The summed E-state index contributed by atoms with van der Waals surface area (Å²) in [5.41, 5.74) is 7.78. The SMILES string of the molecule is Cc1noc(C)c1CN=C(N)NC1CCCC1. The molecule has 0 unspecified atom stereocenters. The molecule has 17 heavy (non-hydrogen) atoms. The first-order valence-corrected chi connectivity index (χ1v) is 6.15. The molecule has 0 saturated heterocycles. The Labute approximate surface area is 101 Å². The number of nitrogens with two attached hydrogens (primary N) is 1. The molecule has 1 saturated carbocycles. The lowest BCUT2D eigenvalue weighted by Gasteiger charge is -2.12. The maximum atomic E-state index is 5.86. The number of aromatic nitrogens is 1. The fourth-order valence-electron chi connectivity index (χ4n) is 2.22. The van der Waals surface area contributed by atoms with E-state index in [1.807, 2.05) is 13.8 Å². The predicted octanol–water partition coefficient (Wildman–Crippen LogP) is 1.64. The molecule has 1 aliphatic carbocycles. The average molecular weight is 236 g/mol. The summed E-state index contributed by atoms with van der Waals surface area (Å²) in [6, 6.07) is 0.503. The van der Waals surface area contributed by atoms with Crippen molar-refractivity contribution in [3.63, 3.8) is 0 Å². The van der Waals surface area contributed by atoms with Crippen LogP contribution in [-0.4, -0.2) is 17.2 Å². The number of nitrogens with one attached hydrogen (secondary N) is 1. The zero-order valence-corrected chi connectivity index (χ0v) is 10.5. The molecule has 0 aromatic carbocycles. The third kappa shape index (κ3) is 2.99. The third-order valence-corrected chi connectivity index (χ3v) is 3.30. The van der Waals surface area contributed by atoms with Crippen molar-refractivity contribution >= 4 is 5.96 Å². The van der Waals surface area contributed by atoms with Gasteiger partial charge in [-0.2, -0.15) is 0 Å². The van der Waals surface area contributed by atoms with Crippen molar-refractivity contribution < 1.29 is 4.52 Å². The Morgan fingerprint density at radius 3 is 2.76 bits per heavy atom. The Bertz CT molecular complexity index is 385. The standard InChI is InChI=1S/C12H20N4O/c1-8-11(9(2)17-16-8)7-14-12(13)15-10-5-3-4-6-10/h10H,3-7H2,1-2H3,(H3,13,14,15). The lowest BCUT2D eigenvalue weighted by atomic mass is 10.2. The largest absolute Gasteiger partial charge is 0.370 e. The zero-order chi connectivity index (χ0) is 12.3. The van der Waals surface area contributed by atoms with Crippen molar-refractivity contribution in [2.45, 2.75) is 52.1 Å². The van der Waals surface area contributed by atoms with E-state index < -0.39 is 0 Å². The fourth-order valence-corrected chi connectivity index (χ4v) is 2.22. The van der Waals surface area contributed by atoms with Gasteiger partial charge in [0.25, 0.3) is 0 Å². The highest BCUT2D eigenvalue weighted by molar-refractivity contribution is 5.78. The number of hydrogen-bond acceptors (Lipinski definition) is 3. The Hall–Kier alpha value is -1.52. The summed E-state index contributed by atoms with van der Waals surface area (Å²) in [4.78, 5) is 4.34. The van der Waals surface area contributed by atoms with Gasteiger partial charge in [0.05, 0.1) is 12.2 Å². The first kappa shape index (κ1) is 12.0. The van der Waals surface area contributed by atoms with E-state index in [1.54, 1.807) is 0 Å². The minimum Gasteiger partial charge on any atom is -0.370 e. The molecule has 0 bridgehead atoms. The molecule has 5 nitrogen and oxygen atoms in total. The zero-order valence-electron chi connectivity index (χ0n) is 10.5. The predicted molar refractivity (Wildman–Crippen MR) is 66.7 cm³/mol. The van der Waals surface area contributed by atoms with E-state index in [2.05, 4.69) is 15.5 Å². The molecule has 0 amide bonds. The molecule has 1 fully saturated rings. The number of rotatable bonds is 3. The van der Waals surface area contributed by atoms with E-state index >= 15 is 0 Å². The highest BCUT2D eigenvalue weighted by atomic mass is 16.5. The normalized spacial score (nSPS) is 17.6. The number of hydrogen-bond donors (Lipinski definition) is 2. The monoisotopic (exact) mass is 236 g/mol. The Morgan fingerprint density at radius 2 is 2.18 bits per heavy atom. The van der Waals surface area contributed by atoms with E-state index in [1.165, 1.54) is 25.7 Å². The summed E-state index contributed by atoms with van der Waals surface area (Å²) < 4.78 is 5.08. The van der Waals surface area contributed by atoms with Crippen molar-refractivity contribution in [3.05, 3.63) is 17.0 Å². The van der Waals surface area contributed by atoms with Crippen molar-refractivity contribution in [1.82, 2.24) is 10.5 Å².